The Labute approximate surface area is 125 Å². The van der Waals surface area contributed by atoms with Crippen LogP contribution in [0.1, 0.15) is 58.1 Å². The average molecular weight is 280 g/mol. The van der Waals surface area contributed by atoms with Crippen molar-refractivity contribution >= 4 is 5.78 Å². The summed E-state index contributed by atoms with van der Waals surface area (Å²) in [6.07, 6.45) is 3.97. The summed E-state index contributed by atoms with van der Waals surface area (Å²) in [6, 6.07) is 10.4. The van der Waals surface area contributed by atoms with Crippen LogP contribution in [0, 0.1) is 13.8 Å². The van der Waals surface area contributed by atoms with Crippen LogP contribution in [-0.2, 0) is 6.42 Å². The Morgan fingerprint density at radius 3 is 2.90 bits per heavy atom. The molecule has 21 heavy (non-hydrogen) atoms. The molecule has 0 spiro atoms. The van der Waals surface area contributed by atoms with Gasteiger partial charge >= 0.3 is 0 Å². The normalized spacial score (nSPS) is 17.3. The molecule has 1 atom stereocenters. The predicted molar refractivity (Wildman–Crippen MR) is 82.6 cm³/mol. The minimum Gasteiger partial charge on any atom is -0.294 e. The van der Waals surface area contributed by atoms with Crippen molar-refractivity contribution < 1.29 is 4.79 Å². The van der Waals surface area contributed by atoms with E-state index in [2.05, 4.69) is 34.5 Å². The molecule has 108 valence electrons. The highest BCUT2D eigenvalue weighted by Crippen LogP contribution is 2.34. The first kappa shape index (κ1) is 13.9. The van der Waals surface area contributed by atoms with Crippen LogP contribution in [0.5, 0.6) is 0 Å². The molecule has 3 heteroatoms. The van der Waals surface area contributed by atoms with Crippen LogP contribution >= 0.6 is 0 Å². The lowest BCUT2D eigenvalue weighted by molar-refractivity contribution is 0.0969. The Bertz CT molecular complexity index is 679. The van der Waals surface area contributed by atoms with E-state index in [1.165, 1.54) is 17.5 Å². The Kier molecular flexibility index (Phi) is 3.82. The minimum absolute atomic E-state index is 0.187. The zero-order valence-electron chi connectivity index (χ0n) is 12.6. The summed E-state index contributed by atoms with van der Waals surface area (Å²) in [4.78, 5) is 12.6. The maximum Gasteiger partial charge on any atom is 0.165 e. The fourth-order valence-corrected chi connectivity index (χ4v) is 3.23. The molecular weight excluding hydrogens is 260 g/mol. The molecule has 3 nitrogen and oxygen atoms in total. The van der Waals surface area contributed by atoms with Gasteiger partial charge in [0.25, 0.3) is 0 Å². The van der Waals surface area contributed by atoms with Crippen molar-refractivity contribution in [1.82, 2.24) is 10.2 Å². The molecule has 0 fully saturated rings. The van der Waals surface area contributed by atoms with Crippen molar-refractivity contribution in [3.05, 3.63) is 58.4 Å². The third-order valence-electron chi connectivity index (χ3n) is 4.33. The standard InChI is InChI=1S/C18H20N2O/c1-12-10-17(13(2)20-19-12)18(21)11-15-8-5-7-14-6-3-4-9-16(14)15/h3-4,6,9-10,15H,5,7-8,11H2,1-2H3. The molecule has 1 aliphatic rings. The zero-order chi connectivity index (χ0) is 14.8. The first-order valence-corrected chi connectivity index (χ1v) is 7.57. The highest BCUT2D eigenvalue weighted by molar-refractivity contribution is 5.97. The van der Waals surface area contributed by atoms with Gasteiger partial charge in [0.2, 0.25) is 0 Å². The second-order valence-electron chi connectivity index (χ2n) is 5.90. The van der Waals surface area contributed by atoms with Crippen LogP contribution < -0.4 is 0 Å². The molecule has 0 saturated carbocycles. The molecule has 1 unspecified atom stereocenters. The predicted octanol–water partition coefficient (Wildman–Crippen LogP) is 3.79. The smallest absolute Gasteiger partial charge is 0.165 e. The minimum atomic E-state index is 0.187. The van der Waals surface area contributed by atoms with Gasteiger partial charge in [0.05, 0.1) is 11.4 Å². The van der Waals surface area contributed by atoms with Crippen LogP contribution in [0.25, 0.3) is 0 Å². The molecule has 0 saturated heterocycles. The summed E-state index contributed by atoms with van der Waals surface area (Å²) >= 11 is 0. The summed E-state index contributed by atoms with van der Waals surface area (Å²) in [6.45, 7) is 3.73. The molecular formula is C18H20N2O. The van der Waals surface area contributed by atoms with Gasteiger partial charge in [-0.05, 0) is 56.2 Å². The second-order valence-corrected chi connectivity index (χ2v) is 5.90. The van der Waals surface area contributed by atoms with Crippen LogP contribution in [0.4, 0.5) is 0 Å². The first-order chi connectivity index (χ1) is 10.1. The second kappa shape index (κ2) is 5.76. The Balaban J connectivity index is 1.84. The van der Waals surface area contributed by atoms with E-state index in [0.717, 1.165) is 29.8 Å². The van der Waals surface area contributed by atoms with Crippen molar-refractivity contribution in [2.45, 2.75) is 45.4 Å². The van der Waals surface area contributed by atoms with Gasteiger partial charge in [-0.1, -0.05) is 24.3 Å². The third kappa shape index (κ3) is 2.87. The number of ketones is 1. The van der Waals surface area contributed by atoms with Crippen LogP contribution in [0.2, 0.25) is 0 Å². The number of aromatic nitrogens is 2. The average Bonchev–Trinajstić information content (AvgIpc) is 2.50. The van der Waals surface area contributed by atoms with E-state index in [1.54, 1.807) is 0 Å². The summed E-state index contributed by atoms with van der Waals surface area (Å²) in [5, 5.41) is 8.07. The lowest BCUT2D eigenvalue weighted by Gasteiger charge is -2.25. The van der Waals surface area contributed by atoms with E-state index in [9.17, 15) is 4.79 Å². The molecule has 1 aromatic carbocycles. The van der Waals surface area contributed by atoms with E-state index in [0.29, 0.717) is 12.3 Å². The quantitative estimate of drug-likeness (QED) is 0.803. The number of hydrogen-bond acceptors (Lipinski definition) is 3. The molecule has 0 N–H and O–H groups in total. The fourth-order valence-electron chi connectivity index (χ4n) is 3.23. The third-order valence-corrected chi connectivity index (χ3v) is 4.33. The number of hydrogen-bond donors (Lipinski definition) is 0. The number of nitrogens with zero attached hydrogens (tertiary/aromatic N) is 2. The van der Waals surface area contributed by atoms with Crippen molar-refractivity contribution in [2.75, 3.05) is 0 Å². The van der Waals surface area contributed by atoms with Crippen molar-refractivity contribution in [1.29, 1.82) is 0 Å². The van der Waals surface area contributed by atoms with Gasteiger partial charge in [-0.15, -0.1) is 0 Å². The van der Waals surface area contributed by atoms with E-state index < -0.39 is 0 Å². The van der Waals surface area contributed by atoms with E-state index in [4.69, 9.17) is 0 Å². The van der Waals surface area contributed by atoms with E-state index in [-0.39, 0.29) is 5.78 Å². The maximum atomic E-state index is 12.6. The highest BCUT2D eigenvalue weighted by atomic mass is 16.1. The van der Waals surface area contributed by atoms with Crippen molar-refractivity contribution in [3.63, 3.8) is 0 Å². The van der Waals surface area contributed by atoms with Crippen LogP contribution in [-0.4, -0.2) is 16.0 Å². The SMILES string of the molecule is Cc1cc(C(=O)CC2CCCc3ccccc32)c(C)nn1. The summed E-state index contributed by atoms with van der Waals surface area (Å²) in [7, 11) is 0. The van der Waals surface area contributed by atoms with Crippen molar-refractivity contribution in [3.8, 4) is 0 Å². The maximum absolute atomic E-state index is 12.6. The lowest BCUT2D eigenvalue weighted by Crippen LogP contribution is -2.15. The molecule has 3 rings (SSSR count). The van der Waals surface area contributed by atoms with E-state index >= 15 is 0 Å². The van der Waals surface area contributed by atoms with Crippen LogP contribution in [0.3, 0.4) is 0 Å². The fraction of sp³-hybridized carbons (Fsp3) is 0.389. The molecule has 2 aromatic rings. The molecule has 0 radical (unpaired) electrons. The number of carbonyl (C=O) groups is 1. The number of rotatable bonds is 3. The number of aryl methyl sites for hydroxylation is 3. The largest absolute Gasteiger partial charge is 0.294 e. The number of Topliss-reactive ketones (excluding diaryl/α,β-unsaturated/α-hetero) is 1. The van der Waals surface area contributed by atoms with Gasteiger partial charge in [-0.3, -0.25) is 4.79 Å². The molecule has 1 aromatic heterocycles. The molecule has 1 heterocycles. The monoisotopic (exact) mass is 280 g/mol. The zero-order valence-corrected chi connectivity index (χ0v) is 12.6. The van der Waals surface area contributed by atoms with Crippen molar-refractivity contribution in [2.24, 2.45) is 0 Å². The summed E-state index contributed by atoms with van der Waals surface area (Å²) in [5.41, 5.74) is 5.02. The number of benzene rings is 1. The Hall–Kier alpha value is -2.03. The summed E-state index contributed by atoms with van der Waals surface area (Å²) < 4.78 is 0. The lowest BCUT2D eigenvalue weighted by atomic mass is 9.79. The topological polar surface area (TPSA) is 42.9 Å². The molecule has 0 amide bonds. The Morgan fingerprint density at radius 1 is 1.24 bits per heavy atom. The number of fused-ring (bicyclic) bond motifs is 1. The van der Waals surface area contributed by atoms with Gasteiger partial charge in [0.1, 0.15) is 0 Å². The number of carbonyl (C=O) groups excluding carboxylic acids is 1. The van der Waals surface area contributed by atoms with Gasteiger partial charge < -0.3 is 0 Å². The van der Waals surface area contributed by atoms with E-state index in [1.807, 2.05) is 19.9 Å². The van der Waals surface area contributed by atoms with Crippen LogP contribution in [0.15, 0.2) is 30.3 Å². The molecule has 1 aliphatic carbocycles. The first-order valence-electron chi connectivity index (χ1n) is 7.57. The highest BCUT2D eigenvalue weighted by Gasteiger charge is 2.23. The molecule has 0 bridgehead atoms. The van der Waals surface area contributed by atoms with Gasteiger partial charge in [-0.25, -0.2) is 0 Å². The summed E-state index contributed by atoms with van der Waals surface area (Å²) in [5.74, 6) is 0.530. The Morgan fingerprint density at radius 2 is 2.05 bits per heavy atom. The van der Waals surface area contributed by atoms with Gasteiger partial charge in [0, 0.05) is 12.0 Å². The van der Waals surface area contributed by atoms with Gasteiger partial charge in [0.15, 0.2) is 5.78 Å². The van der Waals surface area contributed by atoms with Gasteiger partial charge in [-0.2, -0.15) is 10.2 Å². The molecule has 0 aliphatic heterocycles.